The number of hydrogen-bond donors (Lipinski definition) is 2. The zero-order chi connectivity index (χ0) is 23.5. The number of fused-ring (bicyclic) bond motifs is 3. The Balaban J connectivity index is 1.64. The molecule has 1 aromatic heterocycles. The third kappa shape index (κ3) is 2.87. The first-order chi connectivity index (χ1) is 16.5. The topological polar surface area (TPSA) is 75.0 Å². The van der Waals surface area contributed by atoms with Crippen molar-refractivity contribution in [3.05, 3.63) is 88.2 Å². The zero-order valence-electron chi connectivity index (χ0n) is 18.9. The van der Waals surface area contributed by atoms with E-state index < -0.39 is 17.3 Å². The first kappa shape index (κ1) is 22.0. The summed E-state index contributed by atoms with van der Waals surface area (Å²) < 4.78 is 13.4. The standard InChI is InChI=1S/C27H27BrN2O4/c1-33-21-14-29-15-22-24(21)26(32)25(31)20(16-30-12-5-13-30)23(17-6-3-2-4-7-17)27(26,34-22)18-8-10-19(28)11-9-18/h2-4,6-11,14-15,20,23,25,31-32H,5,12-13,16H2,1H3. The second-order valence-electron chi connectivity index (χ2n) is 9.48. The summed E-state index contributed by atoms with van der Waals surface area (Å²) in [6, 6.07) is 17.9. The third-order valence-corrected chi connectivity index (χ3v) is 8.39. The highest BCUT2D eigenvalue weighted by atomic mass is 79.9. The molecule has 2 fully saturated rings. The number of rotatable bonds is 5. The molecule has 3 aromatic rings. The molecule has 5 atom stereocenters. The SMILES string of the molecule is COc1cncc2c1C1(O)C(O)C(CN3CCC3)C(c3ccccc3)C1(c1ccc(Br)cc1)O2. The molecule has 0 radical (unpaired) electrons. The van der Waals surface area contributed by atoms with Crippen LogP contribution < -0.4 is 9.47 Å². The lowest BCUT2D eigenvalue weighted by Crippen LogP contribution is -2.52. The minimum atomic E-state index is -1.74. The molecular weight excluding hydrogens is 496 g/mol. The molecular formula is C27H27BrN2O4. The fourth-order valence-corrected chi connectivity index (χ4v) is 6.56. The summed E-state index contributed by atoms with van der Waals surface area (Å²) >= 11 is 3.53. The number of pyridine rings is 1. The van der Waals surface area contributed by atoms with Gasteiger partial charge >= 0.3 is 0 Å². The van der Waals surface area contributed by atoms with Crippen LogP contribution in [0.3, 0.4) is 0 Å². The highest BCUT2D eigenvalue weighted by Crippen LogP contribution is 2.69. The Morgan fingerprint density at radius 1 is 1.12 bits per heavy atom. The number of nitrogens with zero attached hydrogens (tertiary/aromatic N) is 2. The van der Waals surface area contributed by atoms with Crippen molar-refractivity contribution in [2.45, 2.75) is 29.6 Å². The van der Waals surface area contributed by atoms with E-state index in [4.69, 9.17) is 9.47 Å². The van der Waals surface area contributed by atoms with Crippen LogP contribution in [0.5, 0.6) is 11.5 Å². The second kappa shape index (κ2) is 8.05. The summed E-state index contributed by atoms with van der Waals surface area (Å²) in [5, 5.41) is 24.8. The molecule has 0 bridgehead atoms. The van der Waals surface area contributed by atoms with E-state index in [9.17, 15) is 10.2 Å². The molecule has 3 heterocycles. The normalized spacial score (nSPS) is 31.9. The van der Waals surface area contributed by atoms with Crippen LogP contribution in [0.1, 0.15) is 29.0 Å². The first-order valence-electron chi connectivity index (χ1n) is 11.7. The van der Waals surface area contributed by atoms with E-state index in [1.54, 1.807) is 19.5 Å². The number of methoxy groups -OCH3 is 1. The number of aliphatic hydroxyl groups is 2. The van der Waals surface area contributed by atoms with Gasteiger partial charge in [-0.2, -0.15) is 0 Å². The molecule has 1 saturated heterocycles. The molecule has 1 aliphatic carbocycles. The summed E-state index contributed by atoms with van der Waals surface area (Å²) in [6.07, 6.45) is 3.25. The van der Waals surface area contributed by atoms with Gasteiger partial charge in [-0.15, -0.1) is 0 Å². The molecule has 6 nitrogen and oxygen atoms in total. The lowest BCUT2D eigenvalue weighted by Gasteiger charge is -2.41. The second-order valence-corrected chi connectivity index (χ2v) is 10.4. The molecule has 2 N–H and O–H groups in total. The van der Waals surface area contributed by atoms with Crippen LogP contribution in [0.4, 0.5) is 0 Å². The van der Waals surface area contributed by atoms with Crippen LogP contribution in [-0.4, -0.2) is 52.9 Å². The molecule has 0 spiro atoms. The van der Waals surface area contributed by atoms with Crippen molar-refractivity contribution in [3.8, 4) is 11.5 Å². The van der Waals surface area contributed by atoms with Gasteiger partial charge in [-0.25, -0.2) is 0 Å². The number of aliphatic hydroxyl groups excluding tert-OH is 1. The maximum absolute atomic E-state index is 12.7. The summed E-state index contributed by atoms with van der Waals surface area (Å²) in [5.41, 5.74) is -0.711. The number of ether oxygens (including phenoxy) is 2. The van der Waals surface area contributed by atoms with E-state index in [0.717, 1.165) is 35.1 Å². The van der Waals surface area contributed by atoms with Gasteiger partial charge in [0.1, 0.15) is 11.5 Å². The number of aromatic nitrogens is 1. The maximum atomic E-state index is 12.7. The van der Waals surface area contributed by atoms with E-state index in [0.29, 0.717) is 23.6 Å². The predicted octanol–water partition coefficient (Wildman–Crippen LogP) is 3.81. The Kier molecular flexibility index (Phi) is 5.22. The lowest BCUT2D eigenvalue weighted by atomic mass is 9.70. The number of halogens is 1. The van der Waals surface area contributed by atoms with Crippen molar-refractivity contribution in [2.24, 2.45) is 5.92 Å². The van der Waals surface area contributed by atoms with Crippen LogP contribution in [0.15, 0.2) is 71.5 Å². The van der Waals surface area contributed by atoms with Crippen molar-refractivity contribution in [1.29, 1.82) is 0 Å². The minimum Gasteiger partial charge on any atom is -0.495 e. The van der Waals surface area contributed by atoms with Gasteiger partial charge in [-0.3, -0.25) is 4.98 Å². The predicted molar refractivity (Wildman–Crippen MR) is 131 cm³/mol. The Hall–Kier alpha value is -2.45. The highest BCUT2D eigenvalue weighted by Gasteiger charge is 2.76. The summed E-state index contributed by atoms with van der Waals surface area (Å²) in [4.78, 5) is 6.62. The Bertz CT molecular complexity index is 1200. The molecule has 1 saturated carbocycles. The van der Waals surface area contributed by atoms with Gasteiger partial charge in [0.25, 0.3) is 0 Å². The van der Waals surface area contributed by atoms with Crippen molar-refractivity contribution in [2.75, 3.05) is 26.7 Å². The number of likely N-dealkylation sites (tertiary alicyclic amines) is 1. The minimum absolute atomic E-state index is 0.262. The Morgan fingerprint density at radius 3 is 2.50 bits per heavy atom. The molecule has 176 valence electrons. The Labute approximate surface area is 207 Å². The zero-order valence-corrected chi connectivity index (χ0v) is 20.5. The van der Waals surface area contributed by atoms with Gasteiger partial charge in [0.15, 0.2) is 11.2 Å². The van der Waals surface area contributed by atoms with E-state index >= 15 is 0 Å². The average Bonchev–Trinajstić information content (AvgIpc) is 3.20. The fraction of sp³-hybridized carbons (Fsp3) is 0.370. The fourth-order valence-electron chi connectivity index (χ4n) is 6.30. The smallest absolute Gasteiger partial charge is 0.177 e. The monoisotopic (exact) mass is 522 g/mol. The van der Waals surface area contributed by atoms with E-state index in [1.807, 2.05) is 42.5 Å². The lowest BCUT2D eigenvalue weighted by molar-refractivity contribution is -0.152. The molecule has 6 rings (SSSR count). The molecule has 2 aromatic carbocycles. The summed E-state index contributed by atoms with van der Waals surface area (Å²) in [6.45, 7) is 2.67. The molecule has 34 heavy (non-hydrogen) atoms. The molecule has 7 heteroatoms. The molecule has 2 aliphatic heterocycles. The highest BCUT2D eigenvalue weighted by molar-refractivity contribution is 9.10. The largest absolute Gasteiger partial charge is 0.495 e. The molecule has 3 aliphatic rings. The molecule has 5 unspecified atom stereocenters. The average molecular weight is 523 g/mol. The van der Waals surface area contributed by atoms with E-state index in [1.165, 1.54) is 0 Å². The van der Waals surface area contributed by atoms with Crippen LogP contribution in [0, 0.1) is 5.92 Å². The van der Waals surface area contributed by atoms with Gasteiger partial charge in [0, 0.05) is 22.9 Å². The first-order valence-corrected chi connectivity index (χ1v) is 12.4. The number of benzene rings is 2. The summed E-state index contributed by atoms with van der Waals surface area (Å²) in [5.74, 6) is 0.275. The quantitative estimate of drug-likeness (QED) is 0.530. The van der Waals surface area contributed by atoms with Crippen LogP contribution in [-0.2, 0) is 11.2 Å². The van der Waals surface area contributed by atoms with Crippen molar-refractivity contribution in [1.82, 2.24) is 9.88 Å². The van der Waals surface area contributed by atoms with Crippen molar-refractivity contribution < 1.29 is 19.7 Å². The van der Waals surface area contributed by atoms with E-state index in [2.05, 4.69) is 37.9 Å². The van der Waals surface area contributed by atoms with E-state index in [-0.39, 0.29) is 11.8 Å². The molecule has 0 amide bonds. The van der Waals surface area contributed by atoms with Crippen LogP contribution in [0.25, 0.3) is 0 Å². The van der Waals surface area contributed by atoms with Gasteiger partial charge < -0.3 is 24.6 Å². The van der Waals surface area contributed by atoms with Crippen molar-refractivity contribution in [3.63, 3.8) is 0 Å². The van der Waals surface area contributed by atoms with Gasteiger partial charge in [-0.1, -0.05) is 58.4 Å². The summed E-state index contributed by atoms with van der Waals surface area (Å²) in [7, 11) is 1.55. The number of hydrogen-bond acceptors (Lipinski definition) is 6. The van der Waals surface area contributed by atoms with Gasteiger partial charge in [-0.05, 0) is 42.8 Å². The van der Waals surface area contributed by atoms with Gasteiger partial charge in [0.05, 0.1) is 31.2 Å². The maximum Gasteiger partial charge on any atom is 0.177 e. The Morgan fingerprint density at radius 2 is 1.85 bits per heavy atom. The van der Waals surface area contributed by atoms with Gasteiger partial charge in [0.2, 0.25) is 0 Å². The van der Waals surface area contributed by atoms with Crippen molar-refractivity contribution >= 4 is 15.9 Å². The van der Waals surface area contributed by atoms with Crippen LogP contribution >= 0.6 is 15.9 Å². The third-order valence-electron chi connectivity index (χ3n) is 7.86. The van der Waals surface area contributed by atoms with Crippen LogP contribution in [0.2, 0.25) is 0 Å².